The number of hydrogen-bond donors (Lipinski definition) is 0. The van der Waals surface area contributed by atoms with E-state index in [-0.39, 0.29) is 11.2 Å². The molecule has 0 spiro atoms. The van der Waals surface area contributed by atoms with Crippen LogP contribution in [0.25, 0.3) is 0 Å². The van der Waals surface area contributed by atoms with Crippen LogP contribution in [0.15, 0.2) is 6.20 Å². The van der Waals surface area contributed by atoms with Gasteiger partial charge in [0.1, 0.15) is 6.20 Å². The summed E-state index contributed by atoms with van der Waals surface area (Å²) in [5.74, 6) is -1.07. The number of aromatic nitrogens is 2. The van der Waals surface area contributed by atoms with Crippen molar-refractivity contribution in [3.63, 3.8) is 0 Å². The maximum absolute atomic E-state index is 11.1. The molecule has 0 aliphatic carbocycles. The molecular formula is C8H8ClN3O5. The molecule has 0 saturated heterocycles. The van der Waals surface area contributed by atoms with Gasteiger partial charge in [-0.1, -0.05) is 0 Å². The van der Waals surface area contributed by atoms with E-state index >= 15 is 0 Å². The molecule has 0 N–H and O–H groups in total. The summed E-state index contributed by atoms with van der Waals surface area (Å²) < 4.78 is 9.39. The number of ether oxygens (including phenoxy) is 2. The Kier molecular flexibility index (Phi) is 4.16. The van der Waals surface area contributed by atoms with E-state index in [9.17, 15) is 14.9 Å². The van der Waals surface area contributed by atoms with E-state index in [1.807, 2.05) is 0 Å². The number of nitro groups is 1. The molecule has 0 fully saturated rings. The second-order valence-electron chi connectivity index (χ2n) is 2.87. The average Bonchev–Trinajstić information content (AvgIpc) is 2.27. The van der Waals surface area contributed by atoms with Crippen molar-refractivity contribution in [3.05, 3.63) is 21.6 Å². The van der Waals surface area contributed by atoms with Gasteiger partial charge in [0.05, 0.1) is 12.0 Å². The van der Waals surface area contributed by atoms with Crippen molar-refractivity contribution in [3.8, 4) is 5.88 Å². The molecule has 1 aromatic rings. The quantitative estimate of drug-likeness (QED) is 0.344. The summed E-state index contributed by atoms with van der Waals surface area (Å²) in [6, 6.07) is 0. The highest BCUT2D eigenvalue weighted by molar-refractivity contribution is 6.28. The van der Waals surface area contributed by atoms with E-state index in [4.69, 9.17) is 16.3 Å². The fourth-order valence-electron chi connectivity index (χ4n) is 0.933. The van der Waals surface area contributed by atoms with Crippen LogP contribution in [-0.2, 0) is 9.53 Å². The zero-order valence-corrected chi connectivity index (χ0v) is 9.67. The van der Waals surface area contributed by atoms with Gasteiger partial charge in [0.2, 0.25) is 5.28 Å². The SMILES string of the molecule is COC(=O)C(C)Oc1nc(Cl)ncc1[N+](=O)[O-]. The molecule has 1 unspecified atom stereocenters. The predicted octanol–water partition coefficient (Wildman–Crippen LogP) is 0.978. The first-order valence-electron chi connectivity index (χ1n) is 4.37. The van der Waals surface area contributed by atoms with Crippen molar-refractivity contribution in [1.82, 2.24) is 9.97 Å². The zero-order chi connectivity index (χ0) is 13.0. The Hall–Kier alpha value is -1.96. The first-order chi connectivity index (χ1) is 7.95. The van der Waals surface area contributed by atoms with Crippen LogP contribution >= 0.6 is 11.6 Å². The number of halogens is 1. The molecular weight excluding hydrogens is 254 g/mol. The smallest absolute Gasteiger partial charge is 0.349 e. The fourth-order valence-corrected chi connectivity index (χ4v) is 1.06. The van der Waals surface area contributed by atoms with Crippen molar-refractivity contribution in [1.29, 1.82) is 0 Å². The second-order valence-corrected chi connectivity index (χ2v) is 3.21. The minimum Gasteiger partial charge on any atom is -0.466 e. The number of carbonyl (C=O) groups is 1. The number of rotatable bonds is 4. The Morgan fingerprint density at radius 3 is 2.82 bits per heavy atom. The van der Waals surface area contributed by atoms with Crippen molar-refractivity contribution >= 4 is 23.3 Å². The van der Waals surface area contributed by atoms with Gasteiger partial charge in [-0.25, -0.2) is 9.78 Å². The van der Waals surface area contributed by atoms with Crippen molar-refractivity contribution in [2.24, 2.45) is 0 Å². The van der Waals surface area contributed by atoms with Gasteiger partial charge in [0.25, 0.3) is 5.88 Å². The Morgan fingerprint density at radius 2 is 2.29 bits per heavy atom. The third kappa shape index (κ3) is 3.25. The fraction of sp³-hybridized carbons (Fsp3) is 0.375. The monoisotopic (exact) mass is 261 g/mol. The van der Waals surface area contributed by atoms with Gasteiger partial charge in [0.15, 0.2) is 6.10 Å². The summed E-state index contributed by atoms with van der Waals surface area (Å²) in [4.78, 5) is 28.0. The Labute approximate surface area is 101 Å². The van der Waals surface area contributed by atoms with Crippen LogP contribution in [0.4, 0.5) is 5.69 Å². The van der Waals surface area contributed by atoms with Gasteiger partial charge in [-0.3, -0.25) is 10.1 Å². The van der Waals surface area contributed by atoms with Crippen molar-refractivity contribution in [2.45, 2.75) is 13.0 Å². The first kappa shape index (κ1) is 13.1. The minimum absolute atomic E-state index is 0.220. The van der Waals surface area contributed by atoms with Crippen LogP contribution in [0.1, 0.15) is 6.92 Å². The van der Waals surface area contributed by atoms with Gasteiger partial charge in [-0.05, 0) is 18.5 Å². The number of methoxy groups -OCH3 is 1. The standard InChI is InChI=1S/C8H8ClN3O5/c1-4(7(13)16-2)17-6-5(12(14)15)3-10-8(9)11-6/h3-4H,1-2H3. The Balaban J connectivity index is 3.00. The summed E-state index contributed by atoms with van der Waals surface area (Å²) in [6.45, 7) is 1.37. The highest BCUT2D eigenvalue weighted by Crippen LogP contribution is 2.25. The van der Waals surface area contributed by atoms with Crippen molar-refractivity contribution < 1.29 is 19.2 Å². The van der Waals surface area contributed by atoms with Crippen LogP contribution in [0.5, 0.6) is 5.88 Å². The van der Waals surface area contributed by atoms with Crippen LogP contribution in [0.2, 0.25) is 5.28 Å². The summed E-state index contributed by atoms with van der Waals surface area (Å²) >= 11 is 5.48. The van der Waals surface area contributed by atoms with Crippen LogP contribution in [0.3, 0.4) is 0 Å². The summed E-state index contributed by atoms with van der Waals surface area (Å²) in [6.07, 6.45) is -0.140. The average molecular weight is 262 g/mol. The molecule has 0 aliphatic heterocycles. The lowest BCUT2D eigenvalue weighted by atomic mass is 10.4. The van der Waals surface area contributed by atoms with E-state index in [1.165, 1.54) is 14.0 Å². The summed E-state index contributed by atoms with van der Waals surface area (Å²) in [5, 5.41) is 10.4. The van der Waals surface area contributed by atoms with Crippen LogP contribution in [0, 0.1) is 10.1 Å². The maximum Gasteiger partial charge on any atom is 0.349 e. The number of hydrogen-bond acceptors (Lipinski definition) is 7. The molecule has 1 atom stereocenters. The predicted molar refractivity (Wildman–Crippen MR) is 55.8 cm³/mol. The minimum atomic E-state index is -1.04. The summed E-state index contributed by atoms with van der Waals surface area (Å²) in [7, 11) is 1.17. The lowest BCUT2D eigenvalue weighted by molar-refractivity contribution is -0.386. The van der Waals surface area contributed by atoms with Gasteiger partial charge in [-0.2, -0.15) is 4.98 Å². The normalized spacial score (nSPS) is 11.7. The topological polar surface area (TPSA) is 104 Å². The molecule has 8 nitrogen and oxygen atoms in total. The van der Waals surface area contributed by atoms with E-state index < -0.39 is 22.7 Å². The Bertz CT molecular complexity index is 453. The van der Waals surface area contributed by atoms with Crippen LogP contribution in [-0.4, -0.2) is 34.1 Å². The zero-order valence-electron chi connectivity index (χ0n) is 8.92. The molecule has 0 bridgehead atoms. The second kappa shape index (κ2) is 5.39. The lowest BCUT2D eigenvalue weighted by Crippen LogP contribution is -2.25. The third-order valence-electron chi connectivity index (χ3n) is 1.72. The van der Waals surface area contributed by atoms with Gasteiger partial charge in [-0.15, -0.1) is 0 Å². The molecule has 1 rings (SSSR count). The van der Waals surface area contributed by atoms with E-state index in [0.29, 0.717) is 0 Å². The molecule has 0 aliphatic rings. The molecule has 0 saturated carbocycles. The van der Waals surface area contributed by atoms with Gasteiger partial charge in [0, 0.05) is 0 Å². The molecule has 1 aromatic heterocycles. The highest BCUT2D eigenvalue weighted by atomic mass is 35.5. The maximum atomic E-state index is 11.1. The molecule has 0 aromatic carbocycles. The number of nitrogens with zero attached hydrogens (tertiary/aromatic N) is 3. The van der Waals surface area contributed by atoms with Gasteiger partial charge < -0.3 is 9.47 Å². The molecule has 1 heterocycles. The largest absolute Gasteiger partial charge is 0.466 e. The third-order valence-corrected chi connectivity index (χ3v) is 1.91. The first-order valence-corrected chi connectivity index (χ1v) is 4.75. The lowest BCUT2D eigenvalue weighted by Gasteiger charge is -2.11. The molecule has 0 amide bonds. The molecule has 92 valence electrons. The molecule has 17 heavy (non-hydrogen) atoms. The highest BCUT2D eigenvalue weighted by Gasteiger charge is 2.24. The number of carbonyl (C=O) groups excluding carboxylic acids is 1. The van der Waals surface area contributed by atoms with E-state index in [2.05, 4.69) is 14.7 Å². The van der Waals surface area contributed by atoms with Crippen molar-refractivity contribution in [2.75, 3.05) is 7.11 Å². The molecule has 0 radical (unpaired) electrons. The molecule has 9 heteroatoms. The van der Waals surface area contributed by atoms with Gasteiger partial charge >= 0.3 is 11.7 Å². The van der Waals surface area contributed by atoms with E-state index in [0.717, 1.165) is 6.20 Å². The summed E-state index contributed by atoms with van der Waals surface area (Å²) in [5.41, 5.74) is -0.481. The number of esters is 1. The Morgan fingerprint density at radius 1 is 1.65 bits per heavy atom. The van der Waals surface area contributed by atoms with E-state index in [1.54, 1.807) is 0 Å². The van der Waals surface area contributed by atoms with Crippen LogP contribution < -0.4 is 4.74 Å².